The SMILES string of the molecule is CC1(C)c2ccccc2-c2cc3c4c(-c5ccc(-n6c7ccccc7c7c8c(ccc76)-c6ccccc6[Si]8(C)C)nc5)cccc4n(-c4ccccc4)c3cc21. The molecule has 1 aliphatic heterocycles. The molecule has 12 rings (SSSR count). The summed E-state index contributed by atoms with van der Waals surface area (Å²) < 4.78 is 4.83. The normalized spacial score (nSPS) is 14.7. The van der Waals surface area contributed by atoms with E-state index in [1.54, 1.807) is 5.19 Å². The van der Waals surface area contributed by atoms with Crippen LogP contribution in [0.15, 0.2) is 164 Å². The lowest BCUT2D eigenvalue weighted by molar-refractivity contribution is 0.661. The van der Waals surface area contributed by atoms with Crippen molar-refractivity contribution in [1.29, 1.82) is 0 Å². The van der Waals surface area contributed by atoms with Crippen LogP contribution >= 0.6 is 0 Å². The molecule has 4 heterocycles. The average Bonchev–Trinajstić information content (AvgIpc) is 3.89. The van der Waals surface area contributed by atoms with Crippen molar-refractivity contribution in [2.24, 2.45) is 0 Å². The van der Waals surface area contributed by atoms with Crippen molar-refractivity contribution in [2.45, 2.75) is 32.4 Å². The first-order valence-electron chi connectivity index (χ1n) is 19.7. The van der Waals surface area contributed by atoms with E-state index in [-0.39, 0.29) is 5.41 Å². The number of para-hydroxylation sites is 2. The molecule has 10 aromatic rings. The summed E-state index contributed by atoms with van der Waals surface area (Å²) in [7, 11) is -1.95. The Morgan fingerprint density at radius 2 is 1.20 bits per heavy atom. The van der Waals surface area contributed by atoms with Gasteiger partial charge in [0.15, 0.2) is 0 Å². The molecule has 266 valence electrons. The Labute approximate surface area is 327 Å². The second-order valence-electron chi connectivity index (χ2n) is 16.8. The van der Waals surface area contributed by atoms with Crippen molar-refractivity contribution in [3.05, 3.63) is 175 Å². The topological polar surface area (TPSA) is 22.8 Å². The summed E-state index contributed by atoms with van der Waals surface area (Å²) >= 11 is 0. The van der Waals surface area contributed by atoms with Crippen molar-refractivity contribution in [2.75, 3.05) is 0 Å². The molecule has 2 aliphatic rings. The van der Waals surface area contributed by atoms with Gasteiger partial charge >= 0.3 is 0 Å². The minimum absolute atomic E-state index is 0.0878. The minimum atomic E-state index is -1.95. The second kappa shape index (κ2) is 11.1. The highest BCUT2D eigenvalue weighted by molar-refractivity contribution is 7.05. The zero-order chi connectivity index (χ0) is 37.5. The molecule has 3 aromatic heterocycles. The number of hydrogen-bond acceptors (Lipinski definition) is 1. The zero-order valence-corrected chi connectivity index (χ0v) is 32.9. The summed E-state index contributed by atoms with van der Waals surface area (Å²) in [5.41, 5.74) is 16.5. The van der Waals surface area contributed by atoms with Crippen molar-refractivity contribution in [1.82, 2.24) is 14.1 Å². The van der Waals surface area contributed by atoms with E-state index in [9.17, 15) is 0 Å². The van der Waals surface area contributed by atoms with Gasteiger partial charge in [-0.3, -0.25) is 4.57 Å². The van der Waals surface area contributed by atoms with Gasteiger partial charge in [-0.15, -0.1) is 0 Å². The molecule has 0 saturated carbocycles. The van der Waals surface area contributed by atoms with Crippen LogP contribution in [0.2, 0.25) is 13.1 Å². The Bertz CT molecular complexity index is 3290. The smallest absolute Gasteiger partial charge is 0.137 e. The Balaban J connectivity index is 1.07. The van der Waals surface area contributed by atoms with Crippen LogP contribution in [0.25, 0.3) is 88.5 Å². The van der Waals surface area contributed by atoms with Crippen molar-refractivity contribution < 1.29 is 0 Å². The lowest BCUT2D eigenvalue weighted by Gasteiger charge is -2.21. The fraction of sp³-hybridized carbons (Fsp3) is 0.0962. The van der Waals surface area contributed by atoms with Crippen molar-refractivity contribution in [3.8, 4) is 44.9 Å². The van der Waals surface area contributed by atoms with Crippen LogP contribution in [0.3, 0.4) is 0 Å². The number of hydrogen-bond donors (Lipinski definition) is 0. The van der Waals surface area contributed by atoms with E-state index < -0.39 is 8.07 Å². The molecule has 1 aliphatic carbocycles. The number of pyridine rings is 1. The number of aromatic nitrogens is 3. The monoisotopic (exact) mass is 733 g/mol. The van der Waals surface area contributed by atoms with E-state index in [4.69, 9.17) is 4.98 Å². The van der Waals surface area contributed by atoms with Crippen molar-refractivity contribution >= 4 is 62.1 Å². The summed E-state index contributed by atoms with van der Waals surface area (Å²) in [5.74, 6) is 0.936. The minimum Gasteiger partial charge on any atom is -0.309 e. The second-order valence-corrected chi connectivity index (χ2v) is 21.1. The predicted octanol–water partition coefficient (Wildman–Crippen LogP) is 12.1. The molecule has 0 atom stereocenters. The molecule has 0 fully saturated rings. The van der Waals surface area contributed by atoms with Crippen LogP contribution in [-0.2, 0) is 5.41 Å². The van der Waals surface area contributed by atoms with Gasteiger partial charge in [0, 0.05) is 44.4 Å². The molecule has 7 aromatic carbocycles. The van der Waals surface area contributed by atoms with E-state index >= 15 is 0 Å². The standard InChI is InChI=1S/C52H39N3Si/c1-52(2)41-21-11-8-17-35(41)39-29-40-46(30-42(39)52)54(33-15-6-5-7-16-33)44-23-14-20-34(49(40)44)32-25-28-48(53-31-32)55-43-22-12-9-19-38(43)50-45(55)27-26-37-36-18-10-13-24-47(36)56(3,4)51(37)50/h5-31H,1-4H3. The van der Waals surface area contributed by atoms with E-state index in [1.165, 1.54) is 93.4 Å². The third-order valence-electron chi connectivity index (χ3n) is 13.1. The Morgan fingerprint density at radius 1 is 0.482 bits per heavy atom. The molecule has 3 nitrogen and oxygen atoms in total. The molecular weight excluding hydrogens is 695 g/mol. The average molecular weight is 734 g/mol. The number of benzene rings is 7. The van der Waals surface area contributed by atoms with Crippen LogP contribution < -0.4 is 10.4 Å². The van der Waals surface area contributed by atoms with Crippen LogP contribution in [0.1, 0.15) is 25.0 Å². The molecule has 0 amide bonds. The molecule has 0 N–H and O–H groups in total. The van der Waals surface area contributed by atoms with Gasteiger partial charge in [0.2, 0.25) is 0 Å². The first-order valence-corrected chi connectivity index (χ1v) is 22.7. The fourth-order valence-corrected chi connectivity index (χ4v) is 14.1. The quantitative estimate of drug-likeness (QED) is 0.166. The number of nitrogens with zero attached hydrogens (tertiary/aromatic N) is 3. The summed E-state index contributed by atoms with van der Waals surface area (Å²) in [5, 5.41) is 8.27. The van der Waals surface area contributed by atoms with Gasteiger partial charge < -0.3 is 4.57 Å². The maximum Gasteiger partial charge on any atom is 0.137 e. The molecule has 0 bridgehead atoms. The summed E-state index contributed by atoms with van der Waals surface area (Å²) in [6, 6.07) is 58.6. The molecule has 56 heavy (non-hydrogen) atoms. The maximum atomic E-state index is 5.29. The molecule has 0 unspecified atom stereocenters. The highest BCUT2D eigenvalue weighted by Crippen LogP contribution is 2.51. The highest BCUT2D eigenvalue weighted by atomic mass is 28.3. The first-order chi connectivity index (χ1) is 27.3. The summed E-state index contributed by atoms with van der Waals surface area (Å²) in [6.45, 7) is 9.76. The van der Waals surface area contributed by atoms with E-state index in [0.717, 1.165) is 11.4 Å². The molecule has 4 heteroatoms. The highest BCUT2D eigenvalue weighted by Gasteiger charge is 2.40. The predicted molar refractivity (Wildman–Crippen MR) is 238 cm³/mol. The van der Waals surface area contributed by atoms with E-state index in [1.807, 2.05) is 0 Å². The van der Waals surface area contributed by atoms with Gasteiger partial charge in [-0.2, -0.15) is 0 Å². The van der Waals surface area contributed by atoms with Crippen molar-refractivity contribution in [3.63, 3.8) is 0 Å². The van der Waals surface area contributed by atoms with Gasteiger partial charge in [-0.25, -0.2) is 4.98 Å². The van der Waals surface area contributed by atoms with Crippen LogP contribution in [-0.4, -0.2) is 22.2 Å². The summed E-state index contributed by atoms with van der Waals surface area (Å²) in [6.07, 6.45) is 2.09. The van der Waals surface area contributed by atoms with Gasteiger partial charge in [-0.05, 0) is 104 Å². The molecular formula is C52H39N3Si. The van der Waals surface area contributed by atoms with Gasteiger partial charge in [0.05, 0.1) is 22.1 Å². The van der Waals surface area contributed by atoms with Gasteiger partial charge in [0.1, 0.15) is 13.9 Å². The third kappa shape index (κ3) is 4.04. The van der Waals surface area contributed by atoms with E-state index in [0.29, 0.717) is 0 Å². The van der Waals surface area contributed by atoms with Crippen LogP contribution in [0.5, 0.6) is 0 Å². The largest absolute Gasteiger partial charge is 0.309 e. The lowest BCUT2D eigenvalue weighted by atomic mass is 9.82. The van der Waals surface area contributed by atoms with Crippen LogP contribution in [0, 0.1) is 0 Å². The van der Waals surface area contributed by atoms with Gasteiger partial charge in [-0.1, -0.05) is 130 Å². The Hall–Kier alpha value is -6.49. The van der Waals surface area contributed by atoms with E-state index in [2.05, 4.69) is 200 Å². The van der Waals surface area contributed by atoms with Gasteiger partial charge in [0.25, 0.3) is 0 Å². The van der Waals surface area contributed by atoms with Crippen LogP contribution in [0.4, 0.5) is 0 Å². The first kappa shape index (κ1) is 31.8. The molecule has 0 saturated heterocycles. The molecule has 0 radical (unpaired) electrons. The zero-order valence-electron chi connectivity index (χ0n) is 31.9. The Morgan fingerprint density at radius 3 is 2.04 bits per heavy atom. The maximum absolute atomic E-state index is 5.29. The third-order valence-corrected chi connectivity index (χ3v) is 16.7. The molecule has 0 spiro atoms. The lowest BCUT2D eigenvalue weighted by Crippen LogP contribution is -2.49. The number of fused-ring (bicyclic) bond motifs is 13. The summed E-state index contributed by atoms with van der Waals surface area (Å²) in [4.78, 5) is 5.29. The number of rotatable bonds is 3. The fourth-order valence-electron chi connectivity index (χ4n) is 10.6. The Kier molecular flexibility index (Phi) is 6.28.